The summed E-state index contributed by atoms with van der Waals surface area (Å²) in [7, 11) is 0. The van der Waals surface area contributed by atoms with Crippen LogP contribution in [0.15, 0.2) is 36.5 Å². The number of carbonyl (C=O) groups excluding carboxylic acids is 1. The molecule has 0 rings (SSSR count). The molecule has 0 fully saturated rings. The maximum atomic E-state index is 12.3. The first kappa shape index (κ1) is 32.2. The van der Waals surface area contributed by atoms with E-state index in [0.717, 1.165) is 70.6 Å². The Bertz CT molecular complexity index is 562. The second-order valence-electron chi connectivity index (χ2n) is 9.22. The number of rotatable bonds is 24. The van der Waals surface area contributed by atoms with E-state index < -0.39 is 5.97 Å². The van der Waals surface area contributed by atoms with E-state index in [9.17, 15) is 9.59 Å². The SMILES string of the molecule is CCC/C=C\C(CCCCCCC(=O)O)OC(=O)CCCCCCC/C=C\C/C=C\CCCC. The zero-order chi connectivity index (χ0) is 25.1. The predicted octanol–water partition coefficient (Wildman–Crippen LogP) is 9.10. The van der Waals surface area contributed by atoms with Crippen LogP contribution in [0.2, 0.25) is 0 Å². The minimum Gasteiger partial charge on any atom is -0.481 e. The van der Waals surface area contributed by atoms with Gasteiger partial charge in [-0.25, -0.2) is 0 Å². The summed E-state index contributed by atoms with van der Waals surface area (Å²) < 4.78 is 5.72. The van der Waals surface area contributed by atoms with E-state index in [0.29, 0.717) is 6.42 Å². The number of aliphatic carboxylic acids is 1. The molecule has 0 radical (unpaired) electrons. The third-order valence-electron chi connectivity index (χ3n) is 5.80. The van der Waals surface area contributed by atoms with Crippen molar-refractivity contribution in [2.45, 2.75) is 142 Å². The molecule has 0 spiro atoms. The first-order chi connectivity index (χ1) is 16.6. The number of allylic oxidation sites excluding steroid dienone is 5. The summed E-state index contributed by atoms with van der Waals surface area (Å²) >= 11 is 0. The van der Waals surface area contributed by atoms with E-state index in [1.807, 2.05) is 6.08 Å². The van der Waals surface area contributed by atoms with Gasteiger partial charge in [0.15, 0.2) is 0 Å². The highest BCUT2D eigenvalue weighted by molar-refractivity contribution is 5.69. The molecule has 0 saturated heterocycles. The fraction of sp³-hybridized carbons (Fsp3) is 0.733. The van der Waals surface area contributed by atoms with Crippen LogP contribution < -0.4 is 0 Å². The highest BCUT2D eigenvalue weighted by Crippen LogP contribution is 2.14. The first-order valence-electron chi connectivity index (χ1n) is 14.0. The van der Waals surface area contributed by atoms with E-state index in [2.05, 4.69) is 44.2 Å². The standard InChI is InChI=1S/C30H52O4/c1-3-5-7-8-9-10-11-12-13-14-15-16-17-23-27-30(33)34-28(24-20-6-4-2)25-21-18-19-22-26-29(31)32/h8-9,11-12,20,24,28H,3-7,10,13-19,21-23,25-27H2,1-2H3,(H,31,32)/b9-8-,12-11-,24-20-. The Morgan fingerprint density at radius 1 is 0.676 bits per heavy atom. The summed E-state index contributed by atoms with van der Waals surface area (Å²) in [6.07, 6.45) is 31.8. The molecule has 0 aromatic heterocycles. The molecular formula is C30H52O4. The molecule has 0 bridgehead atoms. The second-order valence-corrected chi connectivity index (χ2v) is 9.22. The number of hydrogen-bond acceptors (Lipinski definition) is 3. The minimum atomic E-state index is -0.729. The van der Waals surface area contributed by atoms with Crippen molar-refractivity contribution in [2.75, 3.05) is 0 Å². The van der Waals surface area contributed by atoms with Crippen molar-refractivity contribution in [2.24, 2.45) is 0 Å². The molecule has 34 heavy (non-hydrogen) atoms. The molecule has 0 aliphatic carbocycles. The lowest BCUT2D eigenvalue weighted by Crippen LogP contribution is -2.16. The topological polar surface area (TPSA) is 63.6 Å². The van der Waals surface area contributed by atoms with Gasteiger partial charge in [-0.3, -0.25) is 9.59 Å². The van der Waals surface area contributed by atoms with E-state index in [4.69, 9.17) is 9.84 Å². The van der Waals surface area contributed by atoms with Gasteiger partial charge in [0.05, 0.1) is 0 Å². The van der Waals surface area contributed by atoms with Crippen molar-refractivity contribution in [1.29, 1.82) is 0 Å². The average Bonchev–Trinajstić information content (AvgIpc) is 2.81. The zero-order valence-electron chi connectivity index (χ0n) is 22.1. The van der Waals surface area contributed by atoms with Gasteiger partial charge in [0.25, 0.3) is 0 Å². The van der Waals surface area contributed by atoms with Crippen LogP contribution in [0.3, 0.4) is 0 Å². The molecule has 0 aromatic carbocycles. The third kappa shape index (κ3) is 24.8. The van der Waals surface area contributed by atoms with Gasteiger partial charge in [-0.1, -0.05) is 95.6 Å². The van der Waals surface area contributed by atoms with Gasteiger partial charge in [-0.2, -0.15) is 0 Å². The van der Waals surface area contributed by atoms with Crippen molar-refractivity contribution in [3.05, 3.63) is 36.5 Å². The van der Waals surface area contributed by atoms with Crippen LogP contribution in [-0.2, 0) is 14.3 Å². The summed E-state index contributed by atoms with van der Waals surface area (Å²) in [5, 5.41) is 8.71. The van der Waals surface area contributed by atoms with Crippen LogP contribution in [0.1, 0.15) is 136 Å². The van der Waals surface area contributed by atoms with Gasteiger partial charge in [-0.05, 0) is 63.9 Å². The van der Waals surface area contributed by atoms with Crippen molar-refractivity contribution < 1.29 is 19.4 Å². The van der Waals surface area contributed by atoms with Crippen LogP contribution in [0, 0.1) is 0 Å². The monoisotopic (exact) mass is 476 g/mol. The molecule has 0 aliphatic rings. The Labute approximate surface area is 209 Å². The van der Waals surface area contributed by atoms with Crippen LogP contribution in [0.5, 0.6) is 0 Å². The summed E-state index contributed by atoms with van der Waals surface area (Å²) in [5.74, 6) is -0.820. The molecule has 196 valence electrons. The predicted molar refractivity (Wildman–Crippen MR) is 144 cm³/mol. The number of ether oxygens (including phenoxy) is 1. The quantitative estimate of drug-likeness (QED) is 0.0857. The lowest BCUT2D eigenvalue weighted by Gasteiger charge is -2.14. The van der Waals surface area contributed by atoms with E-state index in [1.54, 1.807) is 0 Å². The highest BCUT2D eigenvalue weighted by atomic mass is 16.5. The molecule has 1 unspecified atom stereocenters. The van der Waals surface area contributed by atoms with E-state index in [1.165, 1.54) is 38.5 Å². The lowest BCUT2D eigenvalue weighted by molar-refractivity contribution is -0.147. The average molecular weight is 477 g/mol. The molecule has 4 heteroatoms. The van der Waals surface area contributed by atoms with Crippen molar-refractivity contribution in [1.82, 2.24) is 0 Å². The van der Waals surface area contributed by atoms with E-state index in [-0.39, 0.29) is 18.5 Å². The molecule has 1 N–H and O–H groups in total. The molecule has 0 amide bonds. The maximum absolute atomic E-state index is 12.3. The van der Waals surface area contributed by atoms with Gasteiger partial charge in [0.2, 0.25) is 0 Å². The first-order valence-corrected chi connectivity index (χ1v) is 14.0. The largest absolute Gasteiger partial charge is 0.481 e. The van der Waals surface area contributed by atoms with E-state index >= 15 is 0 Å². The van der Waals surface area contributed by atoms with Gasteiger partial charge in [0.1, 0.15) is 6.10 Å². The second kappa shape index (κ2) is 25.8. The summed E-state index contributed by atoms with van der Waals surface area (Å²) in [6.45, 7) is 4.36. The Morgan fingerprint density at radius 2 is 1.29 bits per heavy atom. The smallest absolute Gasteiger partial charge is 0.306 e. The normalized spacial score (nSPS) is 12.8. The summed E-state index contributed by atoms with van der Waals surface area (Å²) in [5.41, 5.74) is 0. The molecule has 1 atom stereocenters. The van der Waals surface area contributed by atoms with Crippen LogP contribution in [-0.4, -0.2) is 23.1 Å². The zero-order valence-corrected chi connectivity index (χ0v) is 22.1. The van der Waals surface area contributed by atoms with Crippen molar-refractivity contribution >= 4 is 11.9 Å². The number of carbonyl (C=O) groups is 2. The fourth-order valence-electron chi connectivity index (χ4n) is 3.70. The Morgan fingerprint density at radius 3 is 1.97 bits per heavy atom. The molecule has 0 saturated carbocycles. The fourth-order valence-corrected chi connectivity index (χ4v) is 3.70. The van der Waals surface area contributed by atoms with Gasteiger partial charge in [0, 0.05) is 12.8 Å². The van der Waals surface area contributed by atoms with Gasteiger partial charge < -0.3 is 9.84 Å². The van der Waals surface area contributed by atoms with Crippen LogP contribution >= 0.6 is 0 Å². The molecule has 0 aliphatic heterocycles. The number of carboxylic acids is 1. The van der Waals surface area contributed by atoms with Crippen LogP contribution in [0.4, 0.5) is 0 Å². The van der Waals surface area contributed by atoms with Gasteiger partial charge in [-0.15, -0.1) is 0 Å². The van der Waals surface area contributed by atoms with Crippen LogP contribution in [0.25, 0.3) is 0 Å². The molecular weight excluding hydrogens is 424 g/mol. The Balaban J connectivity index is 3.86. The third-order valence-corrected chi connectivity index (χ3v) is 5.80. The molecule has 4 nitrogen and oxygen atoms in total. The van der Waals surface area contributed by atoms with Crippen molar-refractivity contribution in [3.63, 3.8) is 0 Å². The van der Waals surface area contributed by atoms with Gasteiger partial charge >= 0.3 is 11.9 Å². The molecule has 0 heterocycles. The number of hydrogen-bond donors (Lipinski definition) is 1. The Hall–Kier alpha value is -1.84. The number of carboxylic acid groups (broad SMARTS) is 1. The molecule has 0 aromatic rings. The van der Waals surface area contributed by atoms with Crippen molar-refractivity contribution in [3.8, 4) is 0 Å². The Kier molecular flexibility index (Phi) is 24.4. The summed E-state index contributed by atoms with van der Waals surface area (Å²) in [6, 6.07) is 0. The maximum Gasteiger partial charge on any atom is 0.306 e. The minimum absolute atomic E-state index is 0.0908. The number of esters is 1. The number of unbranched alkanes of at least 4 members (excludes halogenated alkanes) is 11. The lowest BCUT2D eigenvalue weighted by atomic mass is 10.1. The highest BCUT2D eigenvalue weighted by Gasteiger charge is 2.11. The summed E-state index contributed by atoms with van der Waals surface area (Å²) in [4.78, 5) is 22.9.